The van der Waals surface area contributed by atoms with Crippen molar-refractivity contribution in [3.63, 3.8) is 0 Å². The number of ether oxygens (including phenoxy) is 1. The van der Waals surface area contributed by atoms with E-state index in [4.69, 9.17) is 4.74 Å². The summed E-state index contributed by atoms with van der Waals surface area (Å²) in [4.78, 5) is 25.4. The van der Waals surface area contributed by atoms with Crippen LogP contribution in [0.25, 0.3) is 0 Å². The molecular formula is C18H34N2O3. The van der Waals surface area contributed by atoms with Crippen molar-refractivity contribution in [2.45, 2.75) is 27.7 Å². The minimum Gasteiger partial charge on any atom is -0.379 e. The fourth-order valence-electron chi connectivity index (χ4n) is 1.57. The van der Waals surface area contributed by atoms with Gasteiger partial charge in [-0.1, -0.05) is 26.5 Å². The predicted molar refractivity (Wildman–Crippen MR) is 96.8 cm³/mol. The first-order valence-corrected chi connectivity index (χ1v) is 8.13. The van der Waals surface area contributed by atoms with E-state index in [-0.39, 0.29) is 11.6 Å². The monoisotopic (exact) mass is 326 g/mol. The number of morpholine rings is 1. The van der Waals surface area contributed by atoms with Gasteiger partial charge < -0.3 is 9.64 Å². The van der Waals surface area contributed by atoms with Crippen molar-refractivity contribution in [1.82, 2.24) is 9.80 Å². The number of ketones is 2. The van der Waals surface area contributed by atoms with Crippen LogP contribution in [0.15, 0.2) is 24.3 Å². The summed E-state index contributed by atoms with van der Waals surface area (Å²) in [6, 6.07) is 0. The maximum atomic E-state index is 10.9. The van der Waals surface area contributed by atoms with Gasteiger partial charge in [-0.25, -0.2) is 0 Å². The Hall–Kier alpha value is -1.30. The van der Waals surface area contributed by atoms with Crippen LogP contribution in [0.3, 0.4) is 0 Å². The van der Waals surface area contributed by atoms with Crippen LogP contribution in [-0.2, 0) is 14.3 Å². The Morgan fingerprint density at radius 1 is 1.17 bits per heavy atom. The average Bonchev–Trinajstić information content (AvgIpc) is 2.50. The number of carbonyl (C=O) groups is 2. The summed E-state index contributed by atoms with van der Waals surface area (Å²) in [5.74, 6) is 0.193. The van der Waals surface area contributed by atoms with E-state index in [1.165, 1.54) is 0 Å². The predicted octanol–water partition coefficient (Wildman–Crippen LogP) is 2.18. The molecule has 134 valence electrons. The van der Waals surface area contributed by atoms with Gasteiger partial charge in [-0.3, -0.25) is 14.5 Å². The fraction of sp³-hybridized carbons (Fsp3) is 0.667. The summed E-state index contributed by atoms with van der Waals surface area (Å²) >= 11 is 0. The third-order valence-corrected chi connectivity index (χ3v) is 2.84. The minimum absolute atomic E-state index is 0.0847. The number of rotatable bonds is 6. The van der Waals surface area contributed by atoms with E-state index >= 15 is 0 Å². The smallest absolute Gasteiger partial charge is 0.156 e. The normalized spacial score (nSPS) is 14.6. The maximum absolute atomic E-state index is 10.9. The summed E-state index contributed by atoms with van der Waals surface area (Å²) in [6.45, 7) is 15.7. The summed E-state index contributed by atoms with van der Waals surface area (Å²) in [7, 11) is 3.93. The fourth-order valence-corrected chi connectivity index (χ4v) is 1.57. The molecule has 0 amide bonds. The van der Waals surface area contributed by atoms with Gasteiger partial charge in [0.05, 0.1) is 13.2 Å². The second-order valence-electron chi connectivity index (χ2n) is 5.32. The molecule has 1 heterocycles. The van der Waals surface area contributed by atoms with Crippen molar-refractivity contribution >= 4 is 11.6 Å². The van der Waals surface area contributed by atoms with E-state index in [1.807, 2.05) is 38.9 Å². The van der Waals surface area contributed by atoms with Crippen LogP contribution in [0.5, 0.6) is 0 Å². The second-order valence-corrected chi connectivity index (χ2v) is 5.32. The molecule has 1 saturated heterocycles. The van der Waals surface area contributed by atoms with E-state index in [2.05, 4.69) is 11.5 Å². The van der Waals surface area contributed by atoms with Crippen molar-refractivity contribution in [2.75, 3.05) is 53.5 Å². The molecule has 0 aliphatic carbocycles. The maximum Gasteiger partial charge on any atom is 0.156 e. The Labute approximate surface area is 142 Å². The van der Waals surface area contributed by atoms with Crippen LogP contribution in [0.4, 0.5) is 0 Å². The van der Waals surface area contributed by atoms with Gasteiger partial charge in [0.1, 0.15) is 0 Å². The van der Waals surface area contributed by atoms with Crippen molar-refractivity contribution in [3.8, 4) is 0 Å². The van der Waals surface area contributed by atoms with Crippen molar-refractivity contribution in [2.24, 2.45) is 0 Å². The summed E-state index contributed by atoms with van der Waals surface area (Å²) in [5.41, 5.74) is 0.692. The highest BCUT2D eigenvalue weighted by atomic mass is 16.5. The molecule has 5 heteroatoms. The Bertz CT molecular complexity index is 370. The molecular weight excluding hydrogens is 292 g/mol. The van der Waals surface area contributed by atoms with Gasteiger partial charge >= 0.3 is 0 Å². The van der Waals surface area contributed by atoms with Gasteiger partial charge in [0.2, 0.25) is 0 Å². The van der Waals surface area contributed by atoms with Crippen LogP contribution >= 0.6 is 0 Å². The molecule has 0 bridgehead atoms. The molecule has 0 aromatic rings. The Morgan fingerprint density at radius 2 is 1.70 bits per heavy atom. The zero-order valence-electron chi connectivity index (χ0n) is 15.7. The van der Waals surface area contributed by atoms with E-state index in [9.17, 15) is 9.59 Å². The van der Waals surface area contributed by atoms with Crippen molar-refractivity contribution in [1.29, 1.82) is 0 Å². The van der Waals surface area contributed by atoms with Crippen LogP contribution in [-0.4, -0.2) is 74.9 Å². The van der Waals surface area contributed by atoms with Gasteiger partial charge in [0.15, 0.2) is 11.6 Å². The SMILES string of the molecule is C=C(CN1CCOCC1)C(C)=O.CC.CC(=O)/C=C/CN(C)C. The molecule has 1 aliphatic heterocycles. The van der Waals surface area contributed by atoms with Gasteiger partial charge in [0.25, 0.3) is 0 Å². The number of allylic oxidation sites excluding steroid dienone is 1. The summed E-state index contributed by atoms with van der Waals surface area (Å²) in [6.07, 6.45) is 3.43. The molecule has 0 aromatic heterocycles. The Balaban J connectivity index is 0. The van der Waals surface area contributed by atoms with Crippen molar-refractivity contribution in [3.05, 3.63) is 24.3 Å². The van der Waals surface area contributed by atoms with Gasteiger partial charge in [-0.15, -0.1) is 0 Å². The molecule has 0 aromatic carbocycles. The average molecular weight is 326 g/mol. The molecule has 0 atom stereocenters. The summed E-state index contributed by atoms with van der Waals surface area (Å²) < 4.78 is 5.19. The number of carbonyl (C=O) groups excluding carboxylic acids is 2. The van der Waals surface area contributed by atoms with Gasteiger partial charge in [-0.05, 0) is 34.0 Å². The van der Waals surface area contributed by atoms with E-state index in [0.29, 0.717) is 12.1 Å². The number of hydrogen-bond acceptors (Lipinski definition) is 5. The largest absolute Gasteiger partial charge is 0.379 e. The lowest BCUT2D eigenvalue weighted by Crippen LogP contribution is -2.38. The molecule has 23 heavy (non-hydrogen) atoms. The van der Waals surface area contributed by atoms with Gasteiger partial charge in [-0.2, -0.15) is 0 Å². The molecule has 0 unspecified atom stereocenters. The Morgan fingerprint density at radius 3 is 2.09 bits per heavy atom. The third-order valence-electron chi connectivity index (χ3n) is 2.84. The standard InChI is InChI=1S/C9H15NO2.C7H13NO.C2H6/c1-8(9(2)11)7-10-3-5-12-6-4-10;1-7(9)5-4-6-8(2)3;1-2/h1,3-7H2,2H3;4-5H,6H2,1-3H3;1-2H3/b;5-4+;. The lowest BCUT2D eigenvalue weighted by Gasteiger charge is -2.26. The lowest BCUT2D eigenvalue weighted by atomic mass is 10.2. The number of hydrogen-bond donors (Lipinski definition) is 0. The highest BCUT2D eigenvalue weighted by molar-refractivity contribution is 5.92. The van der Waals surface area contributed by atoms with E-state index in [1.54, 1.807) is 19.9 Å². The van der Waals surface area contributed by atoms with Gasteiger partial charge in [0, 0.05) is 31.8 Å². The molecule has 1 aliphatic rings. The quantitative estimate of drug-likeness (QED) is 0.700. The molecule has 0 spiro atoms. The zero-order valence-corrected chi connectivity index (χ0v) is 15.7. The Kier molecular flexibility index (Phi) is 16.2. The minimum atomic E-state index is 0.0847. The van der Waals surface area contributed by atoms with Crippen LogP contribution in [0.1, 0.15) is 27.7 Å². The first-order chi connectivity index (χ1) is 10.8. The zero-order chi connectivity index (χ0) is 18.3. The molecule has 1 fully saturated rings. The van der Waals surface area contributed by atoms with E-state index < -0.39 is 0 Å². The third kappa shape index (κ3) is 16.9. The number of likely N-dealkylation sites (N-methyl/N-ethyl adjacent to an activating group) is 1. The lowest BCUT2D eigenvalue weighted by molar-refractivity contribution is -0.114. The highest BCUT2D eigenvalue weighted by Gasteiger charge is 2.12. The number of nitrogens with zero attached hydrogens (tertiary/aromatic N) is 2. The molecule has 1 rings (SSSR count). The summed E-state index contributed by atoms with van der Waals surface area (Å²) in [5, 5.41) is 0. The first-order valence-electron chi connectivity index (χ1n) is 8.13. The molecule has 0 saturated carbocycles. The highest BCUT2D eigenvalue weighted by Crippen LogP contribution is 2.01. The molecule has 0 N–H and O–H groups in total. The van der Waals surface area contributed by atoms with Crippen LogP contribution in [0.2, 0.25) is 0 Å². The van der Waals surface area contributed by atoms with Crippen molar-refractivity contribution < 1.29 is 14.3 Å². The molecule has 5 nitrogen and oxygen atoms in total. The van der Waals surface area contributed by atoms with E-state index in [0.717, 1.165) is 32.8 Å². The van der Waals surface area contributed by atoms with Crippen LogP contribution < -0.4 is 0 Å². The topological polar surface area (TPSA) is 49.9 Å². The first kappa shape index (κ1) is 24.0. The molecule has 0 radical (unpaired) electrons. The second kappa shape index (κ2) is 15.6. The number of Topliss-reactive ketones (excluding diaryl/α,β-unsaturated/α-hetero) is 1. The van der Waals surface area contributed by atoms with Crippen LogP contribution in [0, 0.1) is 0 Å².